The molecule has 0 spiro atoms. The molecule has 1 aromatic rings. The van der Waals surface area contributed by atoms with E-state index in [4.69, 9.17) is 11.6 Å². The van der Waals surface area contributed by atoms with Gasteiger partial charge >= 0.3 is 0 Å². The molecule has 21 heavy (non-hydrogen) atoms. The summed E-state index contributed by atoms with van der Waals surface area (Å²) >= 11 is 6.07. The summed E-state index contributed by atoms with van der Waals surface area (Å²) in [6.45, 7) is 5.74. The molecule has 2 rings (SSSR count). The average molecular weight is 353 g/mol. The Morgan fingerprint density at radius 3 is 2.48 bits per heavy atom. The average Bonchev–Trinajstić information content (AvgIpc) is 2.39. The second kappa shape index (κ2) is 7.79. The van der Waals surface area contributed by atoms with Gasteiger partial charge in [0.25, 0.3) is 0 Å². The Labute approximate surface area is 138 Å². The molecule has 120 valence electrons. The van der Waals surface area contributed by atoms with E-state index in [-0.39, 0.29) is 34.3 Å². The third-order valence-electron chi connectivity index (χ3n) is 3.57. The van der Waals surface area contributed by atoms with Gasteiger partial charge in [0.1, 0.15) is 4.90 Å². The van der Waals surface area contributed by atoms with Crippen LogP contribution < -0.4 is 10.0 Å². The van der Waals surface area contributed by atoms with Gasteiger partial charge in [0, 0.05) is 6.04 Å². The van der Waals surface area contributed by atoms with Gasteiger partial charge in [-0.25, -0.2) is 13.1 Å². The highest BCUT2D eigenvalue weighted by Gasteiger charge is 2.24. The number of sulfonamides is 1. The Balaban J connectivity index is 0.00000220. The molecular formula is C14H22Cl2N2O2S. The topological polar surface area (TPSA) is 58.2 Å². The van der Waals surface area contributed by atoms with E-state index in [0.717, 1.165) is 31.5 Å². The number of nitrogens with one attached hydrogen (secondary N) is 2. The molecule has 0 saturated carbocycles. The smallest absolute Gasteiger partial charge is 0.242 e. The van der Waals surface area contributed by atoms with E-state index >= 15 is 0 Å². The Bertz CT molecular complexity index is 570. The van der Waals surface area contributed by atoms with E-state index in [2.05, 4.69) is 10.0 Å². The first-order chi connectivity index (χ1) is 9.40. The Kier molecular flexibility index (Phi) is 6.94. The Morgan fingerprint density at radius 1 is 1.29 bits per heavy atom. The Morgan fingerprint density at radius 2 is 1.90 bits per heavy atom. The zero-order chi connectivity index (χ0) is 14.8. The molecule has 0 aliphatic carbocycles. The fourth-order valence-electron chi connectivity index (χ4n) is 2.31. The molecule has 4 nitrogen and oxygen atoms in total. The third kappa shape index (κ3) is 4.83. The predicted molar refractivity (Wildman–Crippen MR) is 89.0 cm³/mol. The van der Waals surface area contributed by atoms with E-state index in [0.29, 0.717) is 0 Å². The molecule has 2 N–H and O–H groups in total. The van der Waals surface area contributed by atoms with Crippen LogP contribution in [0.2, 0.25) is 5.02 Å². The van der Waals surface area contributed by atoms with Crippen LogP contribution in [-0.2, 0) is 10.0 Å². The minimum absolute atomic E-state index is 0. The van der Waals surface area contributed by atoms with Crippen molar-refractivity contribution in [2.45, 2.75) is 43.5 Å². The van der Waals surface area contributed by atoms with Crippen molar-refractivity contribution in [1.82, 2.24) is 10.0 Å². The maximum atomic E-state index is 12.5. The first-order valence-electron chi connectivity index (χ1n) is 6.92. The van der Waals surface area contributed by atoms with Crippen LogP contribution in [0.4, 0.5) is 0 Å². The number of piperidine rings is 1. The van der Waals surface area contributed by atoms with Crippen molar-refractivity contribution in [3.8, 4) is 0 Å². The van der Waals surface area contributed by atoms with Crippen LogP contribution in [-0.4, -0.2) is 27.5 Å². The molecule has 0 unspecified atom stereocenters. The second-order valence-electron chi connectivity index (χ2n) is 5.49. The fourth-order valence-corrected chi connectivity index (χ4v) is 4.15. The van der Waals surface area contributed by atoms with E-state index < -0.39 is 10.0 Å². The molecule has 0 radical (unpaired) electrons. The molecule has 1 aliphatic heterocycles. The second-order valence-corrected chi connectivity index (χ2v) is 7.58. The van der Waals surface area contributed by atoms with E-state index in [1.54, 1.807) is 12.1 Å². The summed E-state index contributed by atoms with van der Waals surface area (Å²) in [5.74, 6) is 0.264. The lowest BCUT2D eigenvalue weighted by Crippen LogP contribution is -2.42. The highest BCUT2D eigenvalue weighted by molar-refractivity contribution is 7.89. The number of hydrogen-bond acceptors (Lipinski definition) is 3. The maximum Gasteiger partial charge on any atom is 0.242 e. The lowest BCUT2D eigenvalue weighted by atomic mass is 10.0. The highest BCUT2D eigenvalue weighted by Crippen LogP contribution is 2.26. The summed E-state index contributed by atoms with van der Waals surface area (Å²) < 4.78 is 27.7. The van der Waals surface area contributed by atoms with Crippen molar-refractivity contribution in [2.75, 3.05) is 13.1 Å². The standard InChI is InChI=1S/C14H21ClN2O2S.ClH/c1-10(2)11-3-4-13(15)14(9-11)20(18,19)17-12-5-7-16-8-6-12;/h3-4,9-10,12,16-17H,5-8H2,1-2H3;1H. The van der Waals surface area contributed by atoms with Gasteiger partial charge in [-0.15, -0.1) is 12.4 Å². The first-order valence-corrected chi connectivity index (χ1v) is 8.79. The minimum Gasteiger partial charge on any atom is -0.317 e. The zero-order valence-electron chi connectivity index (χ0n) is 12.2. The van der Waals surface area contributed by atoms with Crippen molar-refractivity contribution in [2.24, 2.45) is 0 Å². The van der Waals surface area contributed by atoms with Crippen molar-refractivity contribution in [3.05, 3.63) is 28.8 Å². The number of hydrogen-bond donors (Lipinski definition) is 2. The summed E-state index contributed by atoms with van der Waals surface area (Å²) in [6, 6.07) is 5.20. The molecule has 1 aliphatic rings. The molecule has 7 heteroatoms. The van der Waals surface area contributed by atoms with Crippen LogP contribution in [0.1, 0.15) is 38.2 Å². The normalized spacial score (nSPS) is 16.8. The molecule has 1 aromatic carbocycles. The number of rotatable bonds is 4. The lowest BCUT2D eigenvalue weighted by Gasteiger charge is -2.24. The molecular weight excluding hydrogens is 331 g/mol. The molecule has 1 fully saturated rings. The van der Waals surface area contributed by atoms with Gasteiger partial charge in [-0.05, 0) is 49.5 Å². The van der Waals surface area contributed by atoms with Crippen LogP contribution in [0.15, 0.2) is 23.1 Å². The summed E-state index contributed by atoms with van der Waals surface area (Å²) in [5.41, 5.74) is 0.972. The van der Waals surface area contributed by atoms with Crippen LogP contribution in [0.25, 0.3) is 0 Å². The van der Waals surface area contributed by atoms with Gasteiger partial charge in [0.15, 0.2) is 0 Å². The molecule has 1 heterocycles. The molecule has 0 bridgehead atoms. The predicted octanol–water partition coefficient (Wildman–Crippen LogP) is 2.92. The summed E-state index contributed by atoms with van der Waals surface area (Å²) in [7, 11) is -3.56. The van der Waals surface area contributed by atoms with Gasteiger partial charge in [-0.2, -0.15) is 0 Å². The summed E-state index contributed by atoms with van der Waals surface area (Å²) in [6.07, 6.45) is 1.61. The van der Waals surface area contributed by atoms with Crippen LogP contribution >= 0.6 is 24.0 Å². The van der Waals surface area contributed by atoms with Crippen LogP contribution in [0, 0.1) is 0 Å². The minimum atomic E-state index is -3.56. The van der Waals surface area contributed by atoms with E-state index in [1.807, 2.05) is 19.9 Å². The zero-order valence-corrected chi connectivity index (χ0v) is 14.6. The molecule has 1 saturated heterocycles. The maximum absolute atomic E-state index is 12.5. The molecule has 0 amide bonds. The summed E-state index contributed by atoms with van der Waals surface area (Å²) in [5, 5.41) is 3.49. The van der Waals surface area contributed by atoms with Crippen LogP contribution in [0.3, 0.4) is 0 Å². The molecule has 0 aromatic heterocycles. The van der Waals surface area contributed by atoms with E-state index in [1.165, 1.54) is 0 Å². The third-order valence-corrected chi connectivity index (χ3v) is 5.57. The van der Waals surface area contributed by atoms with Gasteiger partial charge in [-0.1, -0.05) is 31.5 Å². The largest absolute Gasteiger partial charge is 0.317 e. The molecule has 0 atom stereocenters. The fraction of sp³-hybridized carbons (Fsp3) is 0.571. The van der Waals surface area contributed by atoms with Gasteiger partial charge < -0.3 is 5.32 Å². The van der Waals surface area contributed by atoms with Crippen molar-refractivity contribution < 1.29 is 8.42 Å². The van der Waals surface area contributed by atoms with Crippen molar-refractivity contribution in [1.29, 1.82) is 0 Å². The Hall–Kier alpha value is -0.330. The summed E-state index contributed by atoms with van der Waals surface area (Å²) in [4.78, 5) is 0.184. The van der Waals surface area contributed by atoms with Crippen LogP contribution in [0.5, 0.6) is 0 Å². The number of halogens is 2. The van der Waals surface area contributed by atoms with E-state index in [9.17, 15) is 8.42 Å². The highest BCUT2D eigenvalue weighted by atomic mass is 35.5. The van der Waals surface area contributed by atoms with Gasteiger partial charge in [0.05, 0.1) is 5.02 Å². The first kappa shape index (κ1) is 18.7. The van der Waals surface area contributed by atoms with Crippen molar-refractivity contribution in [3.63, 3.8) is 0 Å². The van der Waals surface area contributed by atoms with Gasteiger partial charge in [0.2, 0.25) is 10.0 Å². The SMILES string of the molecule is CC(C)c1ccc(Cl)c(S(=O)(=O)NC2CCNCC2)c1.Cl. The van der Waals surface area contributed by atoms with Gasteiger partial charge in [-0.3, -0.25) is 0 Å². The number of benzene rings is 1. The lowest BCUT2D eigenvalue weighted by molar-refractivity contribution is 0.427. The monoisotopic (exact) mass is 352 g/mol. The quantitative estimate of drug-likeness (QED) is 0.875. The van der Waals surface area contributed by atoms with Crippen molar-refractivity contribution >= 4 is 34.0 Å².